The fraction of sp³-hybridized carbons (Fsp3) is 0.722. The molecule has 22 heavy (non-hydrogen) atoms. The minimum absolute atomic E-state index is 0.118. The van der Waals surface area contributed by atoms with Crippen LogP contribution >= 0.6 is 11.3 Å². The zero-order valence-electron chi connectivity index (χ0n) is 13.9. The van der Waals surface area contributed by atoms with Gasteiger partial charge in [-0.05, 0) is 64.1 Å². The van der Waals surface area contributed by atoms with E-state index >= 15 is 0 Å². The first-order valence-corrected chi connectivity index (χ1v) is 9.58. The fourth-order valence-electron chi connectivity index (χ4n) is 3.27. The lowest BCUT2D eigenvalue weighted by Crippen LogP contribution is -2.41. The predicted molar refractivity (Wildman–Crippen MR) is 92.8 cm³/mol. The molecule has 0 aliphatic heterocycles. The Morgan fingerprint density at radius 1 is 1.32 bits per heavy atom. The number of carbonyl (C=O) groups excluding carboxylic acids is 1. The van der Waals surface area contributed by atoms with Gasteiger partial charge in [0.2, 0.25) is 0 Å². The van der Waals surface area contributed by atoms with E-state index < -0.39 is 0 Å². The van der Waals surface area contributed by atoms with Crippen LogP contribution in [0.25, 0.3) is 0 Å². The van der Waals surface area contributed by atoms with Gasteiger partial charge in [0.05, 0.1) is 4.88 Å². The summed E-state index contributed by atoms with van der Waals surface area (Å²) >= 11 is 1.72. The molecule has 4 heteroatoms. The highest BCUT2D eigenvalue weighted by molar-refractivity contribution is 7.14. The highest BCUT2D eigenvalue weighted by Crippen LogP contribution is 2.29. The molecule has 1 atom stereocenters. The molecule has 2 aliphatic carbocycles. The topological polar surface area (TPSA) is 32.3 Å². The van der Waals surface area contributed by atoms with Gasteiger partial charge in [0.1, 0.15) is 0 Å². The Morgan fingerprint density at radius 3 is 2.77 bits per heavy atom. The zero-order chi connectivity index (χ0) is 15.5. The molecule has 0 aromatic carbocycles. The Morgan fingerprint density at radius 2 is 2.05 bits per heavy atom. The van der Waals surface area contributed by atoms with Crippen molar-refractivity contribution in [3.05, 3.63) is 21.4 Å². The molecule has 3 nitrogen and oxygen atoms in total. The van der Waals surface area contributed by atoms with Crippen LogP contribution in [-0.2, 0) is 12.8 Å². The molecule has 0 saturated heterocycles. The number of hydrogen-bond donors (Lipinski definition) is 1. The number of thiophene rings is 1. The van der Waals surface area contributed by atoms with E-state index in [1.807, 2.05) is 0 Å². The molecule has 1 fully saturated rings. The minimum atomic E-state index is 0.118. The number of amides is 1. The molecule has 3 rings (SSSR count). The number of nitrogens with zero attached hydrogens (tertiary/aromatic N) is 1. The molecule has 1 aromatic rings. The smallest absolute Gasteiger partial charge is 0.261 e. The number of hydrogen-bond acceptors (Lipinski definition) is 3. The van der Waals surface area contributed by atoms with E-state index in [0.717, 1.165) is 30.3 Å². The SMILES string of the molecule is CC(CNC(=O)c1cc2c(s1)CCCCCC2)N(C)C1CC1. The third-order valence-electron chi connectivity index (χ3n) is 5.10. The summed E-state index contributed by atoms with van der Waals surface area (Å²) < 4.78 is 0. The van der Waals surface area contributed by atoms with E-state index in [9.17, 15) is 4.79 Å². The highest BCUT2D eigenvalue weighted by Gasteiger charge is 2.29. The molecule has 0 spiro atoms. The summed E-state index contributed by atoms with van der Waals surface area (Å²) in [5.74, 6) is 0.118. The van der Waals surface area contributed by atoms with Gasteiger partial charge in [0.15, 0.2) is 0 Å². The summed E-state index contributed by atoms with van der Waals surface area (Å²) in [5, 5.41) is 3.13. The van der Waals surface area contributed by atoms with Crippen molar-refractivity contribution in [3.63, 3.8) is 0 Å². The Bertz CT molecular complexity index is 496. The second kappa shape index (κ2) is 7.14. The summed E-state index contributed by atoms with van der Waals surface area (Å²) in [6, 6.07) is 3.31. The van der Waals surface area contributed by atoms with Crippen molar-refractivity contribution in [2.75, 3.05) is 13.6 Å². The first-order chi connectivity index (χ1) is 10.6. The molecule has 1 amide bonds. The van der Waals surface area contributed by atoms with Gasteiger partial charge in [-0.1, -0.05) is 12.8 Å². The maximum Gasteiger partial charge on any atom is 0.261 e. The Balaban J connectivity index is 1.56. The maximum atomic E-state index is 12.4. The largest absolute Gasteiger partial charge is 0.350 e. The summed E-state index contributed by atoms with van der Waals surface area (Å²) in [6.07, 6.45) is 10.2. The quantitative estimate of drug-likeness (QED) is 0.898. The monoisotopic (exact) mass is 320 g/mol. The fourth-order valence-corrected chi connectivity index (χ4v) is 4.44. The highest BCUT2D eigenvalue weighted by atomic mass is 32.1. The number of likely N-dealkylation sites (N-methyl/N-ethyl adjacent to an activating group) is 1. The first-order valence-electron chi connectivity index (χ1n) is 8.77. The Labute approximate surface area is 138 Å². The molecule has 1 saturated carbocycles. The van der Waals surface area contributed by atoms with Crippen molar-refractivity contribution < 1.29 is 4.79 Å². The predicted octanol–water partition coefficient (Wildman–Crippen LogP) is 3.62. The third-order valence-corrected chi connectivity index (χ3v) is 6.33. The van der Waals surface area contributed by atoms with Crippen molar-refractivity contribution in [1.29, 1.82) is 0 Å². The molecule has 1 unspecified atom stereocenters. The summed E-state index contributed by atoms with van der Waals surface area (Å²) in [6.45, 7) is 2.95. The van der Waals surface area contributed by atoms with Crippen LogP contribution in [0.2, 0.25) is 0 Å². The second-order valence-corrected chi connectivity index (χ2v) is 8.07. The number of rotatable bonds is 5. The van der Waals surface area contributed by atoms with E-state index in [4.69, 9.17) is 0 Å². The first kappa shape index (κ1) is 16.0. The van der Waals surface area contributed by atoms with Crippen molar-refractivity contribution in [3.8, 4) is 0 Å². The summed E-state index contributed by atoms with van der Waals surface area (Å²) in [4.78, 5) is 17.2. The molecular formula is C18H28N2OS. The molecule has 122 valence electrons. The van der Waals surface area contributed by atoms with Gasteiger partial charge in [-0.15, -0.1) is 11.3 Å². The average molecular weight is 321 g/mol. The second-order valence-electron chi connectivity index (χ2n) is 6.93. The summed E-state index contributed by atoms with van der Waals surface area (Å²) in [7, 11) is 2.17. The van der Waals surface area contributed by atoms with Crippen molar-refractivity contribution >= 4 is 17.2 Å². The van der Waals surface area contributed by atoms with Gasteiger partial charge in [-0.3, -0.25) is 9.69 Å². The lowest BCUT2D eigenvalue weighted by Gasteiger charge is -2.24. The number of nitrogens with one attached hydrogen (secondary N) is 1. The van der Waals surface area contributed by atoms with Gasteiger partial charge < -0.3 is 5.32 Å². The third kappa shape index (κ3) is 3.90. The zero-order valence-corrected chi connectivity index (χ0v) is 14.7. The van der Waals surface area contributed by atoms with Crippen LogP contribution in [0.15, 0.2) is 6.07 Å². The Hall–Kier alpha value is -0.870. The lowest BCUT2D eigenvalue weighted by molar-refractivity contribution is 0.0943. The Kier molecular flexibility index (Phi) is 5.19. The number of carbonyl (C=O) groups is 1. The van der Waals surface area contributed by atoms with E-state index in [1.165, 1.54) is 49.0 Å². The average Bonchev–Trinajstić information content (AvgIpc) is 3.27. The van der Waals surface area contributed by atoms with E-state index in [2.05, 4.69) is 30.3 Å². The van der Waals surface area contributed by atoms with Gasteiger partial charge >= 0.3 is 0 Å². The molecule has 2 aliphatic rings. The van der Waals surface area contributed by atoms with Gasteiger partial charge in [-0.25, -0.2) is 0 Å². The van der Waals surface area contributed by atoms with Crippen molar-refractivity contribution in [2.45, 2.75) is 70.4 Å². The minimum Gasteiger partial charge on any atom is -0.350 e. The van der Waals surface area contributed by atoms with Crippen LogP contribution in [0.3, 0.4) is 0 Å². The molecule has 1 heterocycles. The summed E-state index contributed by atoms with van der Waals surface area (Å²) in [5.41, 5.74) is 1.43. The van der Waals surface area contributed by atoms with E-state index in [-0.39, 0.29) is 5.91 Å². The molecule has 0 radical (unpaired) electrons. The van der Waals surface area contributed by atoms with Gasteiger partial charge in [-0.2, -0.15) is 0 Å². The van der Waals surface area contributed by atoms with Crippen molar-refractivity contribution in [2.24, 2.45) is 0 Å². The van der Waals surface area contributed by atoms with Crippen LogP contribution in [-0.4, -0.2) is 36.5 Å². The van der Waals surface area contributed by atoms with Crippen LogP contribution < -0.4 is 5.32 Å². The molecular weight excluding hydrogens is 292 g/mol. The maximum absolute atomic E-state index is 12.4. The van der Waals surface area contributed by atoms with E-state index in [0.29, 0.717) is 6.04 Å². The van der Waals surface area contributed by atoms with Crippen LogP contribution in [0, 0.1) is 0 Å². The standard InChI is InChI=1S/C18H28N2OS/c1-13(20(2)15-9-10-15)12-19-18(21)17-11-14-7-5-3-4-6-8-16(14)22-17/h11,13,15H,3-10,12H2,1-2H3,(H,19,21). The van der Waals surface area contributed by atoms with Crippen LogP contribution in [0.1, 0.15) is 65.6 Å². The number of fused-ring (bicyclic) bond motifs is 1. The molecule has 1 aromatic heterocycles. The normalized spacial score (nSPS) is 20.1. The lowest BCUT2D eigenvalue weighted by atomic mass is 10.00. The van der Waals surface area contributed by atoms with Crippen molar-refractivity contribution in [1.82, 2.24) is 10.2 Å². The van der Waals surface area contributed by atoms with E-state index in [1.54, 1.807) is 11.3 Å². The molecule has 0 bridgehead atoms. The number of aryl methyl sites for hydroxylation is 2. The van der Waals surface area contributed by atoms with Gasteiger partial charge in [0, 0.05) is 23.5 Å². The molecule has 1 N–H and O–H groups in total. The van der Waals surface area contributed by atoms with Gasteiger partial charge in [0.25, 0.3) is 5.91 Å². The van der Waals surface area contributed by atoms with Crippen LogP contribution in [0.4, 0.5) is 0 Å². The van der Waals surface area contributed by atoms with Crippen LogP contribution in [0.5, 0.6) is 0 Å².